The molecule has 2 aromatic heterocycles. The first kappa shape index (κ1) is 18.6. The van der Waals surface area contributed by atoms with Crippen molar-refractivity contribution in [2.45, 2.75) is 26.3 Å². The lowest BCUT2D eigenvalue weighted by Crippen LogP contribution is -2.35. The van der Waals surface area contributed by atoms with Crippen LogP contribution in [0.25, 0.3) is 10.9 Å². The van der Waals surface area contributed by atoms with E-state index in [0.29, 0.717) is 29.6 Å². The summed E-state index contributed by atoms with van der Waals surface area (Å²) in [6, 6.07) is 10.9. The Morgan fingerprint density at radius 2 is 2.11 bits per heavy atom. The molecule has 6 nitrogen and oxygen atoms in total. The van der Waals surface area contributed by atoms with Gasteiger partial charge in [-0.2, -0.15) is 0 Å². The van der Waals surface area contributed by atoms with Crippen molar-refractivity contribution in [2.24, 2.45) is 5.92 Å². The van der Waals surface area contributed by atoms with Gasteiger partial charge < -0.3 is 19.6 Å². The van der Waals surface area contributed by atoms with Crippen molar-refractivity contribution in [3.05, 3.63) is 58.6 Å². The van der Waals surface area contributed by atoms with Crippen molar-refractivity contribution >= 4 is 34.3 Å². The van der Waals surface area contributed by atoms with Crippen molar-refractivity contribution in [1.82, 2.24) is 15.2 Å². The molecule has 2 amide bonds. The largest absolute Gasteiger partial charge is 0.456 e. The molecule has 2 atom stereocenters. The van der Waals surface area contributed by atoms with Gasteiger partial charge in [-0.1, -0.05) is 11.6 Å². The topological polar surface area (TPSA) is 78.3 Å². The molecule has 0 aliphatic carbocycles. The number of rotatable bonds is 4. The number of H-pyrrole nitrogens is 1. The molecule has 2 unspecified atom stereocenters. The van der Waals surface area contributed by atoms with E-state index in [2.05, 4.69) is 10.3 Å². The van der Waals surface area contributed by atoms with Crippen LogP contribution in [0, 0.1) is 12.8 Å². The van der Waals surface area contributed by atoms with Crippen LogP contribution in [0.1, 0.15) is 40.1 Å². The number of nitrogens with zero attached hydrogens (tertiary/aromatic N) is 1. The number of aromatic nitrogens is 1. The third-order valence-corrected chi connectivity index (χ3v) is 5.49. The van der Waals surface area contributed by atoms with Gasteiger partial charge in [0.05, 0.1) is 0 Å². The maximum Gasteiger partial charge on any atom is 0.289 e. The van der Waals surface area contributed by atoms with Crippen molar-refractivity contribution in [2.75, 3.05) is 13.1 Å². The zero-order chi connectivity index (χ0) is 19.8. The number of aryl methyl sites for hydroxylation is 1. The van der Waals surface area contributed by atoms with Gasteiger partial charge in [0.25, 0.3) is 11.8 Å². The van der Waals surface area contributed by atoms with E-state index in [1.165, 1.54) is 0 Å². The minimum atomic E-state index is -0.161. The van der Waals surface area contributed by atoms with Crippen LogP contribution in [0.5, 0.6) is 0 Å². The van der Waals surface area contributed by atoms with Crippen molar-refractivity contribution in [3.8, 4) is 0 Å². The van der Waals surface area contributed by atoms with Crippen molar-refractivity contribution in [1.29, 1.82) is 0 Å². The van der Waals surface area contributed by atoms with E-state index in [4.69, 9.17) is 16.0 Å². The summed E-state index contributed by atoms with van der Waals surface area (Å²) in [5, 5.41) is 4.51. The standard InChI is InChI=1S/C21H22ClN3O3/c1-12-7-14(11-25(12)21(27)19-6-3-13(2)28-19)10-23-20(26)18-9-15-8-16(22)4-5-17(15)24-18/h3-6,8-9,12,14,24H,7,10-11H2,1-2H3,(H,23,26). The zero-order valence-corrected chi connectivity index (χ0v) is 16.5. The summed E-state index contributed by atoms with van der Waals surface area (Å²) in [5.74, 6) is 1.04. The van der Waals surface area contributed by atoms with Crippen LogP contribution in [-0.4, -0.2) is 40.8 Å². The Labute approximate surface area is 167 Å². The first-order valence-electron chi connectivity index (χ1n) is 9.34. The second-order valence-electron chi connectivity index (χ2n) is 7.44. The first-order chi connectivity index (χ1) is 13.4. The molecular weight excluding hydrogens is 378 g/mol. The fourth-order valence-corrected chi connectivity index (χ4v) is 4.00. The number of fused-ring (bicyclic) bond motifs is 1. The Bertz CT molecular complexity index is 1040. The van der Waals surface area contributed by atoms with Gasteiger partial charge in [-0.05, 0) is 62.6 Å². The SMILES string of the molecule is Cc1ccc(C(=O)N2CC(CNC(=O)c3cc4cc(Cl)ccc4[nH]3)CC2C)o1. The molecule has 3 aromatic rings. The number of amides is 2. The predicted octanol–water partition coefficient (Wildman–Crippen LogP) is 4.00. The highest BCUT2D eigenvalue weighted by atomic mass is 35.5. The quantitative estimate of drug-likeness (QED) is 0.695. The van der Waals surface area contributed by atoms with Crippen LogP contribution >= 0.6 is 11.6 Å². The number of carbonyl (C=O) groups is 2. The highest BCUT2D eigenvalue weighted by Crippen LogP contribution is 2.25. The number of likely N-dealkylation sites (tertiary alicyclic amines) is 1. The van der Waals surface area contributed by atoms with Gasteiger partial charge in [0.1, 0.15) is 11.5 Å². The fourth-order valence-electron chi connectivity index (χ4n) is 3.82. The minimum absolute atomic E-state index is 0.0954. The Kier molecular flexibility index (Phi) is 4.89. The molecule has 1 aliphatic heterocycles. The van der Waals surface area contributed by atoms with Gasteiger partial charge in [-0.15, -0.1) is 0 Å². The van der Waals surface area contributed by atoms with E-state index >= 15 is 0 Å². The van der Waals surface area contributed by atoms with Crippen LogP contribution in [0.4, 0.5) is 0 Å². The first-order valence-corrected chi connectivity index (χ1v) is 9.72. The molecule has 7 heteroatoms. The summed E-state index contributed by atoms with van der Waals surface area (Å²) >= 11 is 6.00. The van der Waals surface area contributed by atoms with Crippen LogP contribution < -0.4 is 5.32 Å². The van der Waals surface area contributed by atoms with Gasteiger partial charge in [-0.25, -0.2) is 0 Å². The Hall–Kier alpha value is -2.73. The van der Waals surface area contributed by atoms with E-state index in [-0.39, 0.29) is 23.8 Å². The number of nitrogens with one attached hydrogen (secondary N) is 2. The molecule has 0 saturated carbocycles. The van der Waals surface area contributed by atoms with Gasteiger partial charge in [-0.3, -0.25) is 9.59 Å². The maximum absolute atomic E-state index is 12.6. The average molecular weight is 400 g/mol. The van der Waals surface area contributed by atoms with Crippen molar-refractivity contribution in [3.63, 3.8) is 0 Å². The number of hydrogen-bond acceptors (Lipinski definition) is 3. The van der Waals surface area contributed by atoms with Crippen LogP contribution in [-0.2, 0) is 0 Å². The molecule has 146 valence electrons. The lowest BCUT2D eigenvalue weighted by atomic mass is 10.1. The Morgan fingerprint density at radius 3 is 2.86 bits per heavy atom. The summed E-state index contributed by atoms with van der Waals surface area (Å²) in [6.45, 7) is 4.96. The second-order valence-corrected chi connectivity index (χ2v) is 7.88. The van der Waals surface area contributed by atoms with Gasteiger partial charge >= 0.3 is 0 Å². The normalized spacial score (nSPS) is 19.3. The molecular formula is C21H22ClN3O3. The molecule has 1 saturated heterocycles. The third-order valence-electron chi connectivity index (χ3n) is 5.25. The molecule has 4 rings (SSSR count). The third kappa shape index (κ3) is 3.64. The monoisotopic (exact) mass is 399 g/mol. The lowest BCUT2D eigenvalue weighted by molar-refractivity contribution is 0.0709. The Balaban J connectivity index is 1.37. The summed E-state index contributed by atoms with van der Waals surface area (Å²) < 4.78 is 5.46. The molecule has 2 N–H and O–H groups in total. The minimum Gasteiger partial charge on any atom is -0.456 e. The molecule has 0 spiro atoms. The molecule has 1 aromatic carbocycles. The van der Waals surface area contributed by atoms with Crippen molar-refractivity contribution < 1.29 is 14.0 Å². The molecule has 1 aliphatic rings. The Morgan fingerprint density at radius 1 is 1.29 bits per heavy atom. The van der Waals surface area contributed by atoms with Crippen LogP contribution in [0.2, 0.25) is 5.02 Å². The maximum atomic E-state index is 12.6. The number of carbonyl (C=O) groups excluding carboxylic acids is 2. The number of aromatic amines is 1. The number of hydrogen-bond donors (Lipinski definition) is 2. The lowest BCUT2D eigenvalue weighted by Gasteiger charge is -2.20. The number of halogens is 1. The summed E-state index contributed by atoms with van der Waals surface area (Å²) in [4.78, 5) is 30.1. The fraction of sp³-hybridized carbons (Fsp3) is 0.333. The van der Waals surface area contributed by atoms with E-state index in [1.54, 1.807) is 24.3 Å². The smallest absolute Gasteiger partial charge is 0.289 e. The van der Waals surface area contributed by atoms with E-state index in [0.717, 1.165) is 23.1 Å². The van der Waals surface area contributed by atoms with E-state index in [9.17, 15) is 9.59 Å². The average Bonchev–Trinajstić information content (AvgIpc) is 3.37. The summed E-state index contributed by atoms with van der Waals surface area (Å²) in [7, 11) is 0. The second kappa shape index (κ2) is 7.36. The van der Waals surface area contributed by atoms with E-state index in [1.807, 2.05) is 30.9 Å². The van der Waals surface area contributed by atoms with Gasteiger partial charge in [0.2, 0.25) is 0 Å². The summed E-state index contributed by atoms with van der Waals surface area (Å²) in [5.41, 5.74) is 1.37. The van der Waals surface area contributed by atoms with E-state index < -0.39 is 0 Å². The molecule has 0 radical (unpaired) electrons. The van der Waals surface area contributed by atoms with Crippen LogP contribution in [0.3, 0.4) is 0 Å². The summed E-state index contributed by atoms with van der Waals surface area (Å²) in [6.07, 6.45) is 0.841. The number of benzene rings is 1. The zero-order valence-electron chi connectivity index (χ0n) is 15.8. The van der Waals surface area contributed by atoms with Gasteiger partial charge in [0, 0.05) is 35.1 Å². The highest BCUT2D eigenvalue weighted by molar-refractivity contribution is 6.31. The molecule has 28 heavy (non-hydrogen) atoms. The predicted molar refractivity (Wildman–Crippen MR) is 108 cm³/mol. The van der Waals surface area contributed by atoms with Gasteiger partial charge in [0.15, 0.2) is 5.76 Å². The molecule has 0 bridgehead atoms. The number of furan rings is 1. The molecule has 3 heterocycles. The molecule has 1 fully saturated rings. The highest BCUT2D eigenvalue weighted by Gasteiger charge is 2.34. The van der Waals surface area contributed by atoms with Crippen LogP contribution in [0.15, 0.2) is 40.8 Å².